The van der Waals surface area contributed by atoms with Crippen molar-refractivity contribution in [3.05, 3.63) is 47.2 Å². The molecule has 0 spiro atoms. The minimum Gasteiger partial charge on any atom is -0.478 e. The summed E-state index contributed by atoms with van der Waals surface area (Å²) in [7, 11) is 0. The zero-order chi connectivity index (χ0) is 13.1. The lowest BCUT2D eigenvalue weighted by Gasteiger charge is -2.02. The van der Waals surface area contributed by atoms with Gasteiger partial charge in [-0.2, -0.15) is 0 Å². The van der Waals surface area contributed by atoms with Gasteiger partial charge in [-0.15, -0.1) is 0 Å². The lowest BCUT2D eigenvalue weighted by atomic mass is 10.0. The van der Waals surface area contributed by atoms with E-state index in [-0.39, 0.29) is 11.3 Å². The van der Waals surface area contributed by atoms with Gasteiger partial charge in [-0.1, -0.05) is 37.3 Å². The zero-order valence-electron chi connectivity index (χ0n) is 9.93. The molecule has 0 amide bonds. The fourth-order valence-corrected chi connectivity index (χ4v) is 2.10. The first-order valence-corrected chi connectivity index (χ1v) is 5.67. The highest BCUT2D eigenvalue weighted by Gasteiger charge is 2.21. The largest absolute Gasteiger partial charge is 0.478 e. The number of rotatable bonds is 4. The summed E-state index contributed by atoms with van der Waals surface area (Å²) in [5, 5.41) is 9.19. The van der Waals surface area contributed by atoms with Crippen molar-refractivity contribution in [3.8, 4) is 11.3 Å². The Morgan fingerprint density at radius 1 is 1.33 bits per heavy atom. The monoisotopic (exact) mass is 243 g/mol. The molecule has 2 aromatic rings. The Morgan fingerprint density at radius 3 is 2.50 bits per heavy atom. The number of hydrogen-bond donors (Lipinski definition) is 2. The maximum absolute atomic E-state index is 11.2. The SMILES string of the molecule is CCc1c(-c2ccccc2)[nH]c(C=O)c1C(=O)O. The van der Waals surface area contributed by atoms with Crippen molar-refractivity contribution >= 4 is 12.3 Å². The van der Waals surface area contributed by atoms with Gasteiger partial charge in [0.05, 0.1) is 17.0 Å². The summed E-state index contributed by atoms with van der Waals surface area (Å²) in [4.78, 5) is 25.1. The summed E-state index contributed by atoms with van der Waals surface area (Å²) < 4.78 is 0. The molecule has 2 N–H and O–H groups in total. The molecule has 0 fully saturated rings. The number of H-pyrrole nitrogens is 1. The number of nitrogens with one attached hydrogen (secondary N) is 1. The molecule has 2 rings (SSSR count). The van der Waals surface area contributed by atoms with Crippen molar-refractivity contribution < 1.29 is 14.7 Å². The lowest BCUT2D eigenvalue weighted by molar-refractivity contribution is 0.0693. The lowest BCUT2D eigenvalue weighted by Crippen LogP contribution is -2.02. The number of hydrogen-bond acceptors (Lipinski definition) is 2. The quantitative estimate of drug-likeness (QED) is 0.811. The molecule has 0 saturated carbocycles. The third-order valence-electron chi connectivity index (χ3n) is 2.88. The smallest absolute Gasteiger partial charge is 0.338 e. The number of benzene rings is 1. The van der Waals surface area contributed by atoms with Gasteiger partial charge in [0, 0.05) is 0 Å². The van der Waals surface area contributed by atoms with E-state index in [9.17, 15) is 14.7 Å². The molecule has 1 heterocycles. The Balaban J connectivity index is 2.69. The van der Waals surface area contributed by atoms with E-state index in [4.69, 9.17) is 0 Å². The molecule has 0 saturated heterocycles. The fraction of sp³-hybridized carbons (Fsp3) is 0.143. The maximum atomic E-state index is 11.2. The van der Waals surface area contributed by atoms with Crippen LogP contribution in [0, 0.1) is 0 Å². The van der Waals surface area contributed by atoms with Gasteiger partial charge in [-0.3, -0.25) is 4.79 Å². The predicted molar refractivity (Wildman–Crippen MR) is 68.0 cm³/mol. The van der Waals surface area contributed by atoms with E-state index in [0.717, 1.165) is 5.56 Å². The van der Waals surface area contributed by atoms with E-state index >= 15 is 0 Å². The minimum atomic E-state index is -1.08. The van der Waals surface area contributed by atoms with Crippen LogP contribution in [0.15, 0.2) is 30.3 Å². The summed E-state index contributed by atoms with van der Waals surface area (Å²) in [6.07, 6.45) is 1.10. The Morgan fingerprint density at radius 2 is 2.00 bits per heavy atom. The van der Waals surface area contributed by atoms with E-state index in [1.807, 2.05) is 37.3 Å². The highest BCUT2D eigenvalue weighted by molar-refractivity contribution is 6.00. The van der Waals surface area contributed by atoms with Gasteiger partial charge < -0.3 is 10.1 Å². The summed E-state index contributed by atoms with van der Waals surface area (Å²) in [6, 6.07) is 9.39. The van der Waals surface area contributed by atoms with Gasteiger partial charge in [0.2, 0.25) is 0 Å². The molecule has 0 unspecified atom stereocenters. The van der Waals surface area contributed by atoms with Crippen molar-refractivity contribution in [1.82, 2.24) is 4.98 Å². The standard InChI is InChI=1S/C14H13NO3/c1-2-10-12(14(17)18)11(8-16)15-13(10)9-6-4-3-5-7-9/h3-8,15H,2H2,1H3,(H,17,18). The number of aromatic nitrogens is 1. The van der Waals surface area contributed by atoms with Gasteiger partial charge in [-0.05, 0) is 17.5 Å². The van der Waals surface area contributed by atoms with Crippen molar-refractivity contribution in [2.45, 2.75) is 13.3 Å². The molecule has 0 aliphatic carbocycles. The summed E-state index contributed by atoms with van der Waals surface area (Å²) in [5.74, 6) is -1.08. The van der Waals surface area contributed by atoms with Gasteiger partial charge in [0.25, 0.3) is 0 Å². The van der Waals surface area contributed by atoms with Crippen molar-refractivity contribution in [1.29, 1.82) is 0 Å². The van der Waals surface area contributed by atoms with E-state index in [1.54, 1.807) is 0 Å². The number of carboxylic acids is 1. The normalized spacial score (nSPS) is 10.3. The first kappa shape index (κ1) is 12.1. The molecule has 0 bridgehead atoms. The summed E-state index contributed by atoms with van der Waals surface area (Å²) >= 11 is 0. The summed E-state index contributed by atoms with van der Waals surface area (Å²) in [5.41, 5.74) is 2.45. The second-order valence-electron chi connectivity index (χ2n) is 3.91. The van der Waals surface area contributed by atoms with Gasteiger partial charge >= 0.3 is 5.97 Å². The second kappa shape index (κ2) is 4.87. The first-order valence-electron chi connectivity index (χ1n) is 5.67. The molecule has 4 nitrogen and oxygen atoms in total. The number of carbonyl (C=O) groups is 2. The first-order chi connectivity index (χ1) is 8.69. The van der Waals surface area contributed by atoms with Crippen LogP contribution in [0.25, 0.3) is 11.3 Å². The van der Waals surface area contributed by atoms with Crippen LogP contribution >= 0.6 is 0 Å². The van der Waals surface area contributed by atoms with Gasteiger partial charge in [-0.25, -0.2) is 4.79 Å². The molecule has 1 aromatic heterocycles. The Labute approximate surface area is 104 Å². The second-order valence-corrected chi connectivity index (χ2v) is 3.91. The molecule has 4 heteroatoms. The van der Waals surface area contributed by atoms with Gasteiger partial charge in [0.15, 0.2) is 6.29 Å². The molecular weight excluding hydrogens is 230 g/mol. The van der Waals surface area contributed by atoms with Crippen LogP contribution in [-0.4, -0.2) is 22.3 Å². The Hall–Kier alpha value is -2.36. The van der Waals surface area contributed by atoms with Crippen LogP contribution in [0.1, 0.15) is 33.3 Å². The van der Waals surface area contributed by atoms with Crippen LogP contribution < -0.4 is 0 Å². The third kappa shape index (κ3) is 1.93. The van der Waals surface area contributed by atoms with Crippen molar-refractivity contribution in [2.24, 2.45) is 0 Å². The highest BCUT2D eigenvalue weighted by atomic mass is 16.4. The number of aromatic amines is 1. The third-order valence-corrected chi connectivity index (χ3v) is 2.88. The average molecular weight is 243 g/mol. The Bertz CT molecular complexity index is 585. The maximum Gasteiger partial charge on any atom is 0.338 e. The van der Waals surface area contributed by atoms with Gasteiger partial charge in [0.1, 0.15) is 0 Å². The number of carboxylic acid groups (broad SMARTS) is 1. The molecule has 0 atom stereocenters. The number of aldehydes is 1. The number of carbonyl (C=O) groups excluding carboxylic acids is 1. The van der Waals surface area contributed by atoms with Crippen LogP contribution in [0.2, 0.25) is 0 Å². The molecule has 1 aromatic carbocycles. The molecule has 0 radical (unpaired) electrons. The van der Waals surface area contributed by atoms with Crippen LogP contribution in [-0.2, 0) is 6.42 Å². The topological polar surface area (TPSA) is 70.2 Å². The van der Waals surface area contributed by atoms with Crippen LogP contribution in [0.4, 0.5) is 0 Å². The molecule has 18 heavy (non-hydrogen) atoms. The number of aromatic carboxylic acids is 1. The summed E-state index contributed by atoms with van der Waals surface area (Å²) in [6.45, 7) is 1.87. The molecular formula is C14H13NO3. The fourth-order valence-electron chi connectivity index (χ4n) is 2.10. The van der Waals surface area contributed by atoms with Crippen LogP contribution in [0.5, 0.6) is 0 Å². The molecule has 92 valence electrons. The van der Waals surface area contributed by atoms with E-state index in [2.05, 4.69) is 4.98 Å². The predicted octanol–water partition coefficient (Wildman–Crippen LogP) is 2.75. The average Bonchev–Trinajstić information content (AvgIpc) is 2.78. The minimum absolute atomic E-state index is 0.0753. The van der Waals surface area contributed by atoms with E-state index in [1.165, 1.54) is 0 Å². The van der Waals surface area contributed by atoms with Crippen molar-refractivity contribution in [3.63, 3.8) is 0 Å². The van der Waals surface area contributed by atoms with E-state index < -0.39 is 5.97 Å². The molecule has 0 aliphatic rings. The van der Waals surface area contributed by atoms with Crippen molar-refractivity contribution in [2.75, 3.05) is 0 Å². The molecule has 0 aliphatic heterocycles. The zero-order valence-corrected chi connectivity index (χ0v) is 9.93. The van der Waals surface area contributed by atoms with E-state index in [0.29, 0.717) is 24.0 Å². The Kier molecular flexibility index (Phi) is 3.28. The van der Waals surface area contributed by atoms with Crippen LogP contribution in [0.3, 0.4) is 0 Å². The highest BCUT2D eigenvalue weighted by Crippen LogP contribution is 2.28.